The molecular weight excluding hydrogens is 270 g/mol. The lowest BCUT2D eigenvalue weighted by molar-refractivity contribution is -0.119. The predicted octanol–water partition coefficient (Wildman–Crippen LogP) is 2.47. The first-order valence-corrected chi connectivity index (χ1v) is 6.36. The predicted molar refractivity (Wildman–Crippen MR) is 77.7 cm³/mol. The summed E-state index contributed by atoms with van der Waals surface area (Å²) in [4.78, 5) is 19.9. The molecule has 0 saturated carbocycles. The number of hydrogen-bond donors (Lipinski definition) is 1. The Balaban J connectivity index is 1.90. The Labute approximate surface area is 120 Å². The molecule has 0 saturated heterocycles. The number of carbonyl (C=O) groups excluding carboxylic acids is 1. The van der Waals surface area contributed by atoms with Gasteiger partial charge in [0.25, 0.3) is 0 Å². The molecule has 0 spiro atoms. The highest BCUT2D eigenvalue weighted by Crippen LogP contribution is 2.25. The number of aromatic nitrogens is 2. The number of carbonyl (C=O) groups is 1. The fraction of sp³-hybridized carbons (Fsp3) is 0.133. The van der Waals surface area contributed by atoms with Crippen molar-refractivity contribution in [2.24, 2.45) is 0 Å². The summed E-state index contributed by atoms with van der Waals surface area (Å²) in [6.45, 7) is 0.0117. The fourth-order valence-electron chi connectivity index (χ4n) is 1.95. The molecule has 0 aliphatic carbocycles. The van der Waals surface area contributed by atoms with Crippen LogP contribution in [0.4, 0.5) is 5.69 Å². The second kappa shape index (κ2) is 5.72. The molecule has 3 rings (SSSR count). The van der Waals surface area contributed by atoms with Crippen LogP contribution < -0.4 is 5.32 Å². The number of benzene rings is 1. The summed E-state index contributed by atoms with van der Waals surface area (Å²) in [7, 11) is 1.47. The molecule has 3 aromatic rings. The lowest BCUT2D eigenvalue weighted by Gasteiger charge is -2.03. The van der Waals surface area contributed by atoms with Crippen molar-refractivity contribution in [1.82, 2.24) is 9.97 Å². The number of nitrogens with one attached hydrogen (secondary N) is 1. The number of fused-ring (bicyclic) bond motifs is 1. The van der Waals surface area contributed by atoms with Crippen LogP contribution in [0.5, 0.6) is 0 Å². The molecule has 106 valence electrons. The zero-order chi connectivity index (χ0) is 14.7. The third-order valence-electron chi connectivity index (χ3n) is 2.86. The molecule has 1 amide bonds. The van der Waals surface area contributed by atoms with E-state index < -0.39 is 0 Å². The first kappa shape index (κ1) is 13.3. The number of pyridine rings is 1. The van der Waals surface area contributed by atoms with Crippen LogP contribution in [0.2, 0.25) is 0 Å². The second-order valence-corrected chi connectivity index (χ2v) is 4.42. The van der Waals surface area contributed by atoms with Gasteiger partial charge in [-0.3, -0.25) is 9.78 Å². The van der Waals surface area contributed by atoms with E-state index in [1.54, 1.807) is 30.6 Å². The fourth-order valence-corrected chi connectivity index (χ4v) is 1.95. The van der Waals surface area contributed by atoms with Gasteiger partial charge in [-0.1, -0.05) is 0 Å². The van der Waals surface area contributed by atoms with Gasteiger partial charge in [0.15, 0.2) is 5.58 Å². The molecule has 6 nitrogen and oxygen atoms in total. The van der Waals surface area contributed by atoms with E-state index in [1.807, 2.05) is 12.1 Å². The Morgan fingerprint density at radius 3 is 3.05 bits per heavy atom. The van der Waals surface area contributed by atoms with Gasteiger partial charge in [-0.05, 0) is 30.3 Å². The normalized spacial score (nSPS) is 10.7. The minimum Gasteiger partial charge on any atom is -0.436 e. The number of hydrogen-bond acceptors (Lipinski definition) is 5. The van der Waals surface area contributed by atoms with Crippen LogP contribution in [0.25, 0.3) is 22.6 Å². The van der Waals surface area contributed by atoms with Crippen LogP contribution in [-0.4, -0.2) is 29.6 Å². The van der Waals surface area contributed by atoms with Gasteiger partial charge in [-0.15, -0.1) is 0 Å². The molecule has 0 aliphatic rings. The van der Waals surface area contributed by atoms with E-state index in [0.717, 1.165) is 5.56 Å². The van der Waals surface area contributed by atoms with E-state index in [9.17, 15) is 4.79 Å². The van der Waals surface area contributed by atoms with Gasteiger partial charge < -0.3 is 14.5 Å². The van der Waals surface area contributed by atoms with Crippen molar-refractivity contribution >= 4 is 22.7 Å². The molecule has 0 fully saturated rings. The molecule has 21 heavy (non-hydrogen) atoms. The monoisotopic (exact) mass is 283 g/mol. The Hall–Kier alpha value is -2.73. The van der Waals surface area contributed by atoms with Crippen molar-refractivity contribution < 1.29 is 13.9 Å². The number of ether oxygens (including phenoxy) is 1. The summed E-state index contributed by atoms with van der Waals surface area (Å²) in [5.74, 6) is 0.284. The van der Waals surface area contributed by atoms with Gasteiger partial charge >= 0.3 is 0 Å². The molecule has 0 radical (unpaired) electrons. The van der Waals surface area contributed by atoms with Gasteiger partial charge in [-0.25, -0.2) is 4.98 Å². The zero-order valence-electron chi connectivity index (χ0n) is 11.4. The molecule has 0 atom stereocenters. The molecule has 0 aliphatic heterocycles. The molecule has 0 bridgehead atoms. The van der Waals surface area contributed by atoms with E-state index in [1.165, 1.54) is 7.11 Å². The number of oxazole rings is 1. The molecule has 1 N–H and O–H groups in total. The maximum Gasteiger partial charge on any atom is 0.250 e. The lowest BCUT2D eigenvalue weighted by Crippen LogP contribution is -2.16. The van der Waals surface area contributed by atoms with Gasteiger partial charge in [0.2, 0.25) is 11.8 Å². The minimum atomic E-state index is -0.215. The first-order valence-electron chi connectivity index (χ1n) is 6.36. The minimum absolute atomic E-state index is 0.0117. The second-order valence-electron chi connectivity index (χ2n) is 4.42. The number of amides is 1. The van der Waals surface area contributed by atoms with E-state index in [2.05, 4.69) is 15.3 Å². The van der Waals surface area contributed by atoms with Crippen molar-refractivity contribution in [3.05, 3.63) is 42.7 Å². The topological polar surface area (TPSA) is 77.2 Å². The summed E-state index contributed by atoms with van der Waals surface area (Å²) in [5.41, 5.74) is 2.77. The van der Waals surface area contributed by atoms with Crippen LogP contribution in [0.3, 0.4) is 0 Å². The van der Waals surface area contributed by atoms with Crippen molar-refractivity contribution in [1.29, 1.82) is 0 Å². The zero-order valence-corrected chi connectivity index (χ0v) is 11.4. The van der Waals surface area contributed by atoms with Crippen molar-refractivity contribution in [3.8, 4) is 11.5 Å². The summed E-state index contributed by atoms with van der Waals surface area (Å²) in [5, 5.41) is 2.73. The summed E-state index contributed by atoms with van der Waals surface area (Å²) in [6.07, 6.45) is 3.38. The quantitative estimate of drug-likeness (QED) is 0.796. The summed E-state index contributed by atoms with van der Waals surface area (Å²) >= 11 is 0. The van der Waals surface area contributed by atoms with Crippen molar-refractivity contribution in [3.63, 3.8) is 0 Å². The highest BCUT2D eigenvalue weighted by atomic mass is 16.5. The molecule has 1 aromatic carbocycles. The third-order valence-corrected chi connectivity index (χ3v) is 2.86. The van der Waals surface area contributed by atoms with E-state index in [0.29, 0.717) is 22.7 Å². The van der Waals surface area contributed by atoms with Crippen LogP contribution >= 0.6 is 0 Å². The SMILES string of the molecule is COCC(=O)Nc1ccc2oc(-c3cccnc3)nc2c1. The maximum atomic E-state index is 11.5. The van der Waals surface area contributed by atoms with Gasteiger partial charge in [-0.2, -0.15) is 0 Å². The molecule has 0 unspecified atom stereocenters. The number of anilines is 1. The molecule has 2 heterocycles. The average molecular weight is 283 g/mol. The van der Waals surface area contributed by atoms with Crippen LogP contribution in [0, 0.1) is 0 Å². The standard InChI is InChI=1S/C15H13N3O3/c1-20-9-14(19)17-11-4-5-13-12(7-11)18-15(21-13)10-3-2-6-16-8-10/h2-8H,9H2,1H3,(H,17,19). The van der Waals surface area contributed by atoms with Gasteiger partial charge in [0.1, 0.15) is 12.1 Å². The molecule has 2 aromatic heterocycles. The van der Waals surface area contributed by atoms with Crippen LogP contribution in [-0.2, 0) is 9.53 Å². The maximum absolute atomic E-state index is 11.5. The Bertz CT molecular complexity index is 768. The lowest BCUT2D eigenvalue weighted by atomic mass is 10.3. The third kappa shape index (κ3) is 2.90. The average Bonchev–Trinajstić information content (AvgIpc) is 2.91. The Morgan fingerprint density at radius 1 is 1.38 bits per heavy atom. The largest absolute Gasteiger partial charge is 0.436 e. The Kier molecular flexibility index (Phi) is 3.61. The van der Waals surface area contributed by atoms with E-state index in [4.69, 9.17) is 9.15 Å². The number of rotatable bonds is 4. The van der Waals surface area contributed by atoms with Gasteiger partial charge in [0.05, 0.1) is 5.56 Å². The number of methoxy groups -OCH3 is 1. The molecular formula is C15H13N3O3. The van der Waals surface area contributed by atoms with Crippen molar-refractivity contribution in [2.45, 2.75) is 0 Å². The number of nitrogens with zero attached hydrogens (tertiary/aromatic N) is 2. The highest BCUT2D eigenvalue weighted by Gasteiger charge is 2.09. The highest BCUT2D eigenvalue weighted by molar-refractivity contribution is 5.93. The first-order chi connectivity index (χ1) is 10.3. The summed E-state index contributed by atoms with van der Waals surface area (Å²) < 4.78 is 10.4. The van der Waals surface area contributed by atoms with E-state index >= 15 is 0 Å². The van der Waals surface area contributed by atoms with Crippen molar-refractivity contribution in [2.75, 3.05) is 19.0 Å². The Morgan fingerprint density at radius 2 is 2.29 bits per heavy atom. The smallest absolute Gasteiger partial charge is 0.250 e. The van der Waals surface area contributed by atoms with E-state index in [-0.39, 0.29) is 12.5 Å². The van der Waals surface area contributed by atoms with Crippen LogP contribution in [0.15, 0.2) is 47.1 Å². The summed E-state index contributed by atoms with van der Waals surface area (Å²) in [6, 6.07) is 8.98. The van der Waals surface area contributed by atoms with Crippen LogP contribution in [0.1, 0.15) is 0 Å². The molecule has 6 heteroatoms. The van der Waals surface area contributed by atoms with Gasteiger partial charge in [0, 0.05) is 25.2 Å².